The number of hydrogen-bond donors (Lipinski definition) is 2. The van der Waals surface area contributed by atoms with Crippen molar-refractivity contribution in [2.24, 2.45) is 5.73 Å². The van der Waals surface area contributed by atoms with Crippen molar-refractivity contribution in [2.45, 2.75) is 70.5 Å². The van der Waals surface area contributed by atoms with Gasteiger partial charge < -0.3 is 11.1 Å². The third-order valence-electron chi connectivity index (χ3n) is 4.82. The van der Waals surface area contributed by atoms with Crippen LogP contribution in [-0.2, 0) is 11.2 Å². The highest BCUT2D eigenvalue weighted by atomic mass is 16.1. The average molecular weight is 332 g/mol. The van der Waals surface area contributed by atoms with Gasteiger partial charge in [0.05, 0.1) is 6.17 Å². The fourth-order valence-electron chi connectivity index (χ4n) is 3.37. The first kappa shape index (κ1) is 18.9. The van der Waals surface area contributed by atoms with Crippen LogP contribution in [0.2, 0.25) is 0 Å². The number of nitrogens with zero attached hydrogens (tertiary/aromatic N) is 2. The lowest BCUT2D eigenvalue weighted by atomic mass is 10.0. The molecule has 2 rings (SSSR count). The molecule has 24 heavy (non-hydrogen) atoms. The van der Waals surface area contributed by atoms with Gasteiger partial charge in [0.1, 0.15) is 0 Å². The molecule has 0 aliphatic carbocycles. The quantitative estimate of drug-likeness (QED) is 0.539. The molecule has 2 heterocycles. The number of nitrogens with two attached hydrogens (primary N) is 1. The third-order valence-corrected chi connectivity index (χ3v) is 4.82. The average Bonchev–Trinajstić information content (AvgIpc) is 2.99. The van der Waals surface area contributed by atoms with E-state index in [1.807, 2.05) is 12.4 Å². The highest BCUT2D eigenvalue weighted by molar-refractivity contribution is 5.76. The van der Waals surface area contributed by atoms with Crippen LogP contribution in [-0.4, -0.2) is 35.5 Å². The first-order valence-corrected chi connectivity index (χ1v) is 9.29. The first-order chi connectivity index (χ1) is 11.6. The van der Waals surface area contributed by atoms with E-state index in [0.717, 1.165) is 38.6 Å². The van der Waals surface area contributed by atoms with Gasteiger partial charge in [-0.25, -0.2) is 0 Å². The van der Waals surface area contributed by atoms with Crippen LogP contribution in [0.3, 0.4) is 0 Å². The van der Waals surface area contributed by atoms with Crippen molar-refractivity contribution in [3.8, 4) is 0 Å². The molecule has 0 aromatic carbocycles. The van der Waals surface area contributed by atoms with Crippen molar-refractivity contribution in [2.75, 3.05) is 13.6 Å². The van der Waals surface area contributed by atoms with Gasteiger partial charge in [-0.1, -0.05) is 25.8 Å². The molecule has 0 bridgehead atoms. The summed E-state index contributed by atoms with van der Waals surface area (Å²) in [6, 6.07) is 2.74. The van der Waals surface area contributed by atoms with Crippen LogP contribution in [0.15, 0.2) is 18.5 Å². The standard InChI is InChI=1S/C19H32N4O/c1-3-4-5-8-19(24)22-18(20)10-9-15-12-16(14-21-13-15)17-7-6-11-23(17)2/h12-14,17-18H,3-11,20H2,1-2H3,(H,22,24)/t17-,18?/m0/s1. The minimum absolute atomic E-state index is 0.0652. The molecule has 1 saturated heterocycles. The smallest absolute Gasteiger partial charge is 0.221 e. The van der Waals surface area contributed by atoms with Crippen LogP contribution in [0.25, 0.3) is 0 Å². The Morgan fingerprint density at radius 3 is 3.00 bits per heavy atom. The van der Waals surface area contributed by atoms with Gasteiger partial charge in [0, 0.05) is 24.9 Å². The third kappa shape index (κ3) is 5.87. The maximum Gasteiger partial charge on any atom is 0.221 e. The molecule has 3 N–H and O–H groups in total. The van der Waals surface area contributed by atoms with Crippen LogP contribution in [0, 0.1) is 0 Å². The summed E-state index contributed by atoms with van der Waals surface area (Å²) < 4.78 is 0. The van der Waals surface area contributed by atoms with E-state index in [2.05, 4.69) is 35.2 Å². The van der Waals surface area contributed by atoms with Gasteiger partial charge in [-0.2, -0.15) is 0 Å². The summed E-state index contributed by atoms with van der Waals surface area (Å²) in [7, 11) is 2.17. The molecule has 1 aliphatic heterocycles. The second-order valence-corrected chi connectivity index (χ2v) is 6.93. The number of nitrogens with one attached hydrogen (secondary N) is 1. The number of unbranched alkanes of at least 4 members (excludes halogenated alkanes) is 2. The van der Waals surface area contributed by atoms with E-state index < -0.39 is 0 Å². The van der Waals surface area contributed by atoms with Crippen LogP contribution in [0.5, 0.6) is 0 Å². The topological polar surface area (TPSA) is 71.2 Å². The van der Waals surface area contributed by atoms with E-state index in [1.165, 1.54) is 24.0 Å². The second kappa shape index (κ2) is 9.74. The van der Waals surface area contributed by atoms with Crippen molar-refractivity contribution in [1.82, 2.24) is 15.2 Å². The van der Waals surface area contributed by atoms with E-state index in [1.54, 1.807) is 0 Å². The molecule has 5 nitrogen and oxygen atoms in total. The summed E-state index contributed by atoms with van der Waals surface area (Å²) in [5, 5.41) is 2.90. The number of hydrogen-bond acceptors (Lipinski definition) is 4. The van der Waals surface area contributed by atoms with Gasteiger partial charge in [-0.15, -0.1) is 0 Å². The molecule has 1 unspecified atom stereocenters. The highest BCUT2D eigenvalue weighted by Gasteiger charge is 2.22. The molecular weight excluding hydrogens is 300 g/mol. The lowest BCUT2D eigenvalue weighted by molar-refractivity contribution is -0.121. The molecule has 5 heteroatoms. The van der Waals surface area contributed by atoms with E-state index in [9.17, 15) is 4.79 Å². The number of aromatic nitrogens is 1. The van der Waals surface area contributed by atoms with Gasteiger partial charge in [0.2, 0.25) is 5.91 Å². The fourth-order valence-corrected chi connectivity index (χ4v) is 3.37. The monoisotopic (exact) mass is 332 g/mol. The van der Waals surface area contributed by atoms with Crippen molar-refractivity contribution in [3.05, 3.63) is 29.6 Å². The van der Waals surface area contributed by atoms with E-state index >= 15 is 0 Å². The van der Waals surface area contributed by atoms with Crippen LogP contribution in [0.1, 0.15) is 69.0 Å². The van der Waals surface area contributed by atoms with Crippen molar-refractivity contribution in [1.29, 1.82) is 0 Å². The minimum Gasteiger partial charge on any atom is -0.341 e. The van der Waals surface area contributed by atoms with E-state index in [4.69, 9.17) is 5.73 Å². The molecular formula is C19H32N4O. The molecule has 2 atom stereocenters. The van der Waals surface area contributed by atoms with Crippen LogP contribution in [0.4, 0.5) is 0 Å². The summed E-state index contributed by atoms with van der Waals surface area (Å²) in [6.45, 7) is 3.29. The highest BCUT2D eigenvalue weighted by Crippen LogP contribution is 2.30. The second-order valence-electron chi connectivity index (χ2n) is 6.93. The lowest BCUT2D eigenvalue weighted by Crippen LogP contribution is -2.41. The summed E-state index contributed by atoms with van der Waals surface area (Å²) >= 11 is 0. The molecule has 134 valence electrons. The Labute approximate surface area is 146 Å². The molecule has 1 amide bonds. The fraction of sp³-hybridized carbons (Fsp3) is 0.684. The molecule has 1 aromatic rings. The predicted octanol–water partition coefficient (Wildman–Crippen LogP) is 2.76. The Morgan fingerprint density at radius 2 is 2.29 bits per heavy atom. The molecule has 1 aliphatic rings. The van der Waals surface area contributed by atoms with Gasteiger partial charge in [0.15, 0.2) is 0 Å². The SMILES string of the molecule is CCCCCC(=O)NC(N)CCc1cncc([C@@H]2CCCN2C)c1. The summed E-state index contributed by atoms with van der Waals surface area (Å²) in [6.07, 6.45) is 11.4. The lowest BCUT2D eigenvalue weighted by Gasteiger charge is -2.20. The van der Waals surface area contributed by atoms with E-state index in [0.29, 0.717) is 12.5 Å². The number of amides is 1. The number of carbonyl (C=O) groups is 1. The van der Waals surface area contributed by atoms with Crippen molar-refractivity contribution < 1.29 is 4.79 Å². The number of aryl methyl sites for hydroxylation is 1. The maximum absolute atomic E-state index is 11.8. The first-order valence-electron chi connectivity index (χ1n) is 9.29. The number of pyridine rings is 1. The van der Waals surface area contributed by atoms with Gasteiger partial charge in [0.25, 0.3) is 0 Å². The summed E-state index contributed by atoms with van der Waals surface area (Å²) in [5.74, 6) is 0.0652. The van der Waals surface area contributed by atoms with Crippen molar-refractivity contribution >= 4 is 5.91 Å². The van der Waals surface area contributed by atoms with Crippen LogP contribution < -0.4 is 11.1 Å². The minimum atomic E-state index is -0.281. The largest absolute Gasteiger partial charge is 0.341 e. The van der Waals surface area contributed by atoms with Gasteiger partial charge >= 0.3 is 0 Å². The van der Waals surface area contributed by atoms with Gasteiger partial charge in [-0.05, 0) is 56.8 Å². The number of likely N-dealkylation sites (tertiary alicyclic amines) is 1. The van der Waals surface area contributed by atoms with Crippen LogP contribution >= 0.6 is 0 Å². The molecule has 0 radical (unpaired) electrons. The molecule has 1 aromatic heterocycles. The Kier molecular flexibility index (Phi) is 7.66. The Balaban J connectivity index is 1.78. The zero-order chi connectivity index (χ0) is 17.4. The Bertz CT molecular complexity index is 520. The summed E-state index contributed by atoms with van der Waals surface area (Å²) in [5.41, 5.74) is 8.54. The number of rotatable bonds is 9. The molecule has 0 saturated carbocycles. The zero-order valence-corrected chi connectivity index (χ0v) is 15.1. The van der Waals surface area contributed by atoms with E-state index in [-0.39, 0.29) is 12.1 Å². The summed E-state index contributed by atoms with van der Waals surface area (Å²) in [4.78, 5) is 18.6. The van der Waals surface area contributed by atoms with Crippen molar-refractivity contribution in [3.63, 3.8) is 0 Å². The maximum atomic E-state index is 11.8. The predicted molar refractivity (Wildman–Crippen MR) is 97.4 cm³/mol. The normalized spacial score (nSPS) is 19.4. The zero-order valence-electron chi connectivity index (χ0n) is 15.1. The number of carbonyl (C=O) groups excluding carboxylic acids is 1. The molecule has 1 fully saturated rings. The van der Waals surface area contributed by atoms with Gasteiger partial charge in [-0.3, -0.25) is 14.7 Å². The molecule has 0 spiro atoms. The Morgan fingerprint density at radius 1 is 1.46 bits per heavy atom. The Hall–Kier alpha value is -1.46.